The zero-order chi connectivity index (χ0) is 19.2. The highest BCUT2D eigenvalue weighted by Crippen LogP contribution is 2.56. The minimum Gasteiger partial charge on any atom is -0.444 e. The molecule has 1 aromatic carbocycles. The molecule has 1 heterocycles. The Balaban J connectivity index is 1.32. The first-order valence-electron chi connectivity index (χ1n) is 10.2. The van der Waals surface area contributed by atoms with Gasteiger partial charge in [0, 0.05) is 24.5 Å². The minimum atomic E-state index is -0.447. The number of aryl methyl sites for hydroxylation is 1. The molecular formula is C22H32N2O3. The van der Waals surface area contributed by atoms with Gasteiger partial charge in [-0.15, -0.1) is 0 Å². The van der Waals surface area contributed by atoms with Gasteiger partial charge in [-0.05, 0) is 69.6 Å². The van der Waals surface area contributed by atoms with Crippen LogP contribution >= 0.6 is 0 Å². The highest BCUT2D eigenvalue weighted by Gasteiger charge is 2.57. The second kappa shape index (κ2) is 6.78. The molecule has 2 aliphatic carbocycles. The zero-order valence-electron chi connectivity index (χ0n) is 16.8. The number of carbonyl (C=O) groups excluding carboxylic acids is 1. The van der Waals surface area contributed by atoms with Crippen LogP contribution in [0, 0.1) is 0 Å². The van der Waals surface area contributed by atoms with Gasteiger partial charge in [0.15, 0.2) is 0 Å². The van der Waals surface area contributed by atoms with Gasteiger partial charge >= 0.3 is 6.09 Å². The summed E-state index contributed by atoms with van der Waals surface area (Å²) in [6.45, 7) is 7.74. The minimum absolute atomic E-state index is 0.199. The van der Waals surface area contributed by atoms with E-state index in [9.17, 15) is 4.79 Å². The summed E-state index contributed by atoms with van der Waals surface area (Å²) in [7, 11) is 0. The Bertz CT molecular complexity index is 719. The number of fused-ring (bicyclic) bond motifs is 2. The molecule has 1 saturated heterocycles. The number of carbonyl (C=O) groups is 1. The van der Waals surface area contributed by atoms with Crippen LogP contribution in [0.3, 0.4) is 0 Å². The summed E-state index contributed by atoms with van der Waals surface area (Å²) in [4.78, 5) is 14.0. The molecule has 1 saturated carbocycles. The van der Waals surface area contributed by atoms with Crippen LogP contribution in [0.4, 0.5) is 4.79 Å². The number of likely N-dealkylation sites (tertiary alicyclic amines) is 1. The zero-order valence-corrected chi connectivity index (χ0v) is 16.8. The van der Waals surface area contributed by atoms with Crippen molar-refractivity contribution >= 4 is 6.09 Å². The van der Waals surface area contributed by atoms with Crippen molar-refractivity contribution in [2.24, 2.45) is 5.73 Å². The molecular weight excluding hydrogens is 340 g/mol. The third-order valence-corrected chi connectivity index (χ3v) is 6.28. The molecule has 2 unspecified atom stereocenters. The molecule has 0 bridgehead atoms. The van der Waals surface area contributed by atoms with Crippen molar-refractivity contribution in [3.8, 4) is 0 Å². The SMILES string of the molecule is CC(C)(C)OC(=O)N1CCC(OCc2cccc3c2C2(CC3)CC2N)CC1. The normalized spacial score (nSPS) is 27.7. The fraction of sp³-hybridized carbons (Fsp3) is 0.682. The summed E-state index contributed by atoms with van der Waals surface area (Å²) >= 11 is 0. The standard InChI is InChI=1S/C22H32N2O3/c1-21(2,3)27-20(25)24-11-8-17(9-12-24)26-14-16-6-4-5-15-7-10-22(19(15)16)13-18(22)23/h4-6,17-18H,7-14,23H2,1-3H3. The van der Waals surface area contributed by atoms with E-state index in [4.69, 9.17) is 15.2 Å². The summed E-state index contributed by atoms with van der Waals surface area (Å²) in [5.41, 5.74) is 10.3. The molecule has 5 heteroatoms. The van der Waals surface area contributed by atoms with Gasteiger partial charge in [0.2, 0.25) is 0 Å². The molecule has 1 amide bonds. The van der Waals surface area contributed by atoms with Crippen molar-refractivity contribution in [2.75, 3.05) is 13.1 Å². The van der Waals surface area contributed by atoms with E-state index in [2.05, 4.69) is 18.2 Å². The lowest BCUT2D eigenvalue weighted by Crippen LogP contribution is -2.43. The van der Waals surface area contributed by atoms with Gasteiger partial charge in [0.05, 0.1) is 12.7 Å². The van der Waals surface area contributed by atoms with Crippen LogP contribution in [0.15, 0.2) is 18.2 Å². The van der Waals surface area contributed by atoms with Crippen molar-refractivity contribution in [1.82, 2.24) is 4.90 Å². The molecule has 1 aromatic rings. The van der Waals surface area contributed by atoms with E-state index in [0.29, 0.717) is 25.7 Å². The molecule has 148 valence electrons. The number of nitrogens with zero attached hydrogens (tertiary/aromatic N) is 1. The highest BCUT2D eigenvalue weighted by atomic mass is 16.6. The fourth-order valence-corrected chi connectivity index (χ4v) is 4.75. The number of amides is 1. The third-order valence-electron chi connectivity index (χ3n) is 6.28. The van der Waals surface area contributed by atoms with Gasteiger partial charge in [0.1, 0.15) is 5.60 Å². The molecule has 3 aliphatic rings. The maximum atomic E-state index is 12.2. The Morgan fingerprint density at radius 1 is 1.30 bits per heavy atom. The maximum absolute atomic E-state index is 12.2. The smallest absolute Gasteiger partial charge is 0.410 e. The number of rotatable bonds is 3. The monoisotopic (exact) mass is 372 g/mol. The molecule has 27 heavy (non-hydrogen) atoms. The van der Waals surface area contributed by atoms with Gasteiger partial charge in [-0.2, -0.15) is 0 Å². The fourth-order valence-electron chi connectivity index (χ4n) is 4.75. The summed E-state index contributed by atoms with van der Waals surface area (Å²) in [5, 5.41) is 0. The molecule has 0 aromatic heterocycles. The van der Waals surface area contributed by atoms with Crippen molar-refractivity contribution < 1.29 is 14.3 Å². The van der Waals surface area contributed by atoms with Crippen molar-refractivity contribution in [3.05, 3.63) is 34.9 Å². The van der Waals surface area contributed by atoms with E-state index in [1.165, 1.54) is 23.1 Å². The number of hydrogen-bond acceptors (Lipinski definition) is 4. The molecule has 5 nitrogen and oxygen atoms in total. The van der Waals surface area contributed by atoms with E-state index < -0.39 is 5.60 Å². The van der Waals surface area contributed by atoms with Crippen LogP contribution in [0.2, 0.25) is 0 Å². The number of nitrogens with two attached hydrogens (primary N) is 1. The lowest BCUT2D eigenvalue weighted by molar-refractivity contribution is -0.0172. The number of ether oxygens (including phenoxy) is 2. The van der Waals surface area contributed by atoms with E-state index in [0.717, 1.165) is 25.7 Å². The molecule has 2 fully saturated rings. The van der Waals surface area contributed by atoms with Gasteiger partial charge in [-0.25, -0.2) is 4.79 Å². The van der Waals surface area contributed by atoms with Crippen molar-refractivity contribution in [3.63, 3.8) is 0 Å². The molecule has 4 rings (SSSR count). The Kier molecular flexibility index (Phi) is 4.71. The van der Waals surface area contributed by atoms with Crippen LogP contribution < -0.4 is 5.73 Å². The number of piperidine rings is 1. The van der Waals surface area contributed by atoms with E-state index in [1.807, 2.05) is 20.8 Å². The quantitative estimate of drug-likeness (QED) is 0.882. The molecule has 1 aliphatic heterocycles. The van der Waals surface area contributed by atoms with Gasteiger partial charge < -0.3 is 20.1 Å². The number of benzene rings is 1. The van der Waals surface area contributed by atoms with Crippen LogP contribution in [0.1, 0.15) is 63.1 Å². The summed E-state index contributed by atoms with van der Waals surface area (Å²) in [6, 6.07) is 6.91. The van der Waals surface area contributed by atoms with Crippen LogP contribution in [-0.2, 0) is 27.9 Å². The lowest BCUT2D eigenvalue weighted by atomic mass is 9.92. The van der Waals surface area contributed by atoms with E-state index in [1.54, 1.807) is 4.90 Å². The Morgan fingerprint density at radius 2 is 2.00 bits per heavy atom. The van der Waals surface area contributed by atoms with Crippen molar-refractivity contribution in [2.45, 2.75) is 82.6 Å². The van der Waals surface area contributed by atoms with Crippen molar-refractivity contribution in [1.29, 1.82) is 0 Å². The average Bonchev–Trinajstić information content (AvgIpc) is 3.10. The van der Waals surface area contributed by atoms with Crippen LogP contribution in [0.5, 0.6) is 0 Å². The first-order valence-corrected chi connectivity index (χ1v) is 10.2. The Morgan fingerprint density at radius 3 is 2.63 bits per heavy atom. The second-order valence-electron chi connectivity index (χ2n) is 9.40. The molecule has 1 spiro atoms. The second-order valence-corrected chi connectivity index (χ2v) is 9.40. The first-order chi connectivity index (χ1) is 12.8. The predicted molar refractivity (Wildman–Crippen MR) is 105 cm³/mol. The predicted octanol–water partition coefficient (Wildman–Crippen LogP) is 3.52. The Labute approximate surface area is 162 Å². The summed E-state index contributed by atoms with van der Waals surface area (Å²) in [6.07, 6.45) is 5.15. The van der Waals surface area contributed by atoms with Gasteiger partial charge in [-0.3, -0.25) is 0 Å². The van der Waals surface area contributed by atoms with E-state index >= 15 is 0 Å². The topological polar surface area (TPSA) is 64.8 Å². The molecule has 0 radical (unpaired) electrons. The van der Waals surface area contributed by atoms with Crippen LogP contribution in [0.25, 0.3) is 0 Å². The summed E-state index contributed by atoms with van der Waals surface area (Å²) < 4.78 is 11.7. The summed E-state index contributed by atoms with van der Waals surface area (Å²) in [5.74, 6) is 0. The third kappa shape index (κ3) is 3.72. The van der Waals surface area contributed by atoms with Gasteiger partial charge in [-0.1, -0.05) is 18.2 Å². The molecule has 2 atom stereocenters. The lowest BCUT2D eigenvalue weighted by Gasteiger charge is -2.33. The van der Waals surface area contributed by atoms with E-state index in [-0.39, 0.29) is 17.6 Å². The van der Waals surface area contributed by atoms with Gasteiger partial charge in [0.25, 0.3) is 0 Å². The van der Waals surface area contributed by atoms with Crippen LogP contribution in [-0.4, -0.2) is 41.8 Å². The Hall–Kier alpha value is -1.59. The highest BCUT2D eigenvalue weighted by molar-refractivity contribution is 5.68. The first kappa shape index (κ1) is 18.8. The average molecular weight is 373 g/mol. The number of hydrogen-bond donors (Lipinski definition) is 1. The largest absolute Gasteiger partial charge is 0.444 e. The maximum Gasteiger partial charge on any atom is 0.410 e. The molecule has 2 N–H and O–H groups in total.